The van der Waals surface area contributed by atoms with Crippen LogP contribution < -0.4 is 10.2 Å². The average molecular weight is 270 g/mol. The first kappa shape index (κ1) is 14.5. The highest BCUT2D eigenvalue weighted by atomic mass is 15.2. The van der Waals surface area contributed by atoms with Gasteiger partial charge in [-0.2, -0.15) is 0 Å². The molecule has 0 aliphatic heterocycles. The second kappa shape index (κ2) is 7.01. The van der Waals surface area contributed by atoms with E-state index in [0.717, 1.165) is 36.8 Å². The van der Waals surface area contributed by atoms with Crippen molar-refractivity contribution in [3.8, 4) is 0 Å². The van der Waals surface area contributed by atoms with Gasteiger partial charge >= 0.3 is 0 Å². The molecule has 0 aliphatic carbocycles. The summed E-state index contributed by atoms with van der Waals surface area (Å²) >= 11 is 0. The number of nitrogens with one attached hydrogen (secondary N) is 1. The van der Waals surface area contributed by atoms with Crippen LogP contribution in [0.5, 0.6) is 0 Å². The lowest BCUT2D eigenvalue weighted by Crippen LogP contribution is -2.20. The van der Waals surface area contributed by atoms with Gasteiger partial charge in [-0.25, -0.2) is 9.97 Å². The zero-order valence-electron chi connectivity index (χ0n) is 12.4. The van der Waals surface area contributed by atoms with Crippen molar-refractivity contribution in [2.45, 2.75) is 26.9 Å². The summed E-state index contributed by atoms with van der Waals surface area (Å²) in [7, 11) is 2.02. The van der Waals surface area contributed by atoms with E-state index in [9.17, 15) is 0 Å². The third kappa shape index (κ3) is 3.78. The number of anilines is 1. The Morgan fingerprint density at radius 1 is 1.20 bits per heavy atom. The van der Waals surface area contributed by atoms with Gasteiger partial charge in [0.15, 0.2) is 0 Å². The molecule has 0 atom stereocenters. The highest BCUT2D eigenvalue weighted by Gasteiger charge is 2.07. The Hall–Kier alpha value is -1.94. The molecule has 0 saturated heterocycles. The van der Waals surface area contributed by atoms with Gasteiger partial charge in [0.2, 0.25) is 5.95 Å². The standard InChI is InChI=1S/C16H22N4/c1-4-17-10-15-11-18-16(19-13(15)2)20(3)12-14-8-6-5-7-9-14/h5-9,11,17H,4,10,12H2,1-3H3. The predicted octanol–water partition coefficient (Wildman–Crippen LogP) is 2.53. The minimum atomic E-state index is 0.770. The Bertz CT molecular complexity index is 539. The van der Waals surface area contributed by atoms with Gasteiger partial charge < -0.3 is 10.2 Å². The zero-order valence-corrected chi connectivity index (χ0v) is 12.4. The normalized spacial score (nSPS) is 10.6. The van der Waals surface area contributed by atoms with Gasteiger partial charge in [-0.15, -0.1) is 0 Å². The lowest BCUT2D eigenvalue weighted by Gasteiger charge is -2.18. The predicted molar refractivity (Wildman–Crippen MR) is 82.7 cm³/mol. The molecular weight excluding hydrogens is 248 g/mol. The molecule has 0 unspecified atom stereocenters. The molecule has 0 radical (unpaired) electrons. The van der Waals surface area contributed by atoms with E-state index in [1.807, 2.05) is 26.2 Å². The van der Waals surface area contributed by atoms with Gasteiger partial charge in [0.25, 0.3) is 0 Å². The number of hydrogen-bond donors (Lipinski definition) is 1. The molecule has 1 N–H and O–H groups in total. The van der Waals surface area contributed by atoms with E-state index < -0.39 is 0 Å². The number of aryl methyl sites for hydroxylation is 1. The van der Waals surface area contributed by atoms with Crippen molar-refractivity contribution in [1.82, 2.24) is 15.3 Å². The summed E-state index contributed by atoms with van der Waals surface area (Å²) < 4.78 is 0. The molecule has 1 heterocycles. The number of aromatic nitrogens is 2. The van der Waals surface area contributed by atoms with Crippen LogP contribution in [0.3, 0.4) is 0 Å². The molecule has 4 heteroatoms. The van der Waals surface area contributed by atoms with Crippen LogP contribution in [0.2, 0.25) is 0 Å². The molecule has 0 amide bonds. The fraction of sp³-hybridized carbons (Fsp3) is 0.375. The van der Waals surface area contributed by atoms with Crippen LogP contribution in [0, 0.1) is 6.92 Å². The molecule has 2 rings (SSSR count). The van der Waals surface area contributed by atoms with Crippen LogP contribution >= 0.6 is 0 Å². The summed E-state index contributed by atoms with van der Waals surface area (Å²) in [5, 5.41) is 3.30. The van der Waals surface area contributed by atoms with Crippen molar-refractivity contribution in [3.63, 3.8) is 0 Å². The fourth-order valence-electron chi connectivity index (χ4n) is 2.02. The van der Waals surface area contributed by atoms with Crippen LogP contribution in [-0.4, -0.2) is 23.6 Å². The van der Waals surface area contributed by atoms with Crippen LogP contribution in [0.25, 0.3) is 0 Å². The summed E-state index contributed by atoms with van der Waals surface area (Å²) in [4.78, 5) is 11.1. The number of rotatable bonds is 6. The molecule has 0 spiro atoms. The number of benzene rings is 1. The summed E-state index contributed by atoms with van der Waals surface area (Å²) in [5.74, 6) is 0.770. The number of hydrogen-bond acceptors (Lipinski definition) is 4. The van der Waals surface area contributed by atoms with E-state index in [-0.39, 0.29) is 0 Å². The van der Waals surface area contributed by atoms with Crippen molar-refractivity contribution < 1.29 is 0 Å². The first-order valence-electron chi connectivity index (χ1n) is 6.99. The molecule has 0 saturated carbocycles. The Kier molecular flexibility index (Phi) is 5.07. The summed E-state index contributed by atoms with van der Waals surface area (Å²) in [6.45, 7) is 6.72. The monoisotopic (exact) mass is 270 g/mol. The first-order chi connectivity index (χ1) is 9.70. The van der Waals surface area contributed by atoms with Crippen LogP contribution in [-0.2, 0) is 13.1 Å². The molecule has 0 aliphatic rings. The Morgan fingerprint density at radius 3 is 2.60 bits per heavy atom. The minimum Gasteiger partial charge on any atom is -0.340 e. The molecule has 1 aromatic heterocycles. The molecular formula is C16H22N4. The van der Waals surface area contributed by atoms with Crippen LogP contribution in [0.1, 0.15) is 23.7 Å². The molecule has 2 aromatic rings. The lowest BCUT2D eigenvalue weighted by atomic mass is 10.2. The topological polar surface area (TPSA) is 41.1 Å². The molecule has 1 aromatic carbocycles. The van der Waals surface area contributed by atoms with E-state index in [1.54, 1.807) is 0 Å². The Labute approximate surface area is 120 Å². The molecule has 20 heavy (non-hydrogen) atoms. The van der Waals surface area contributed by atoms with Crippen molar-refractivity contribution >= 4 is 5.95 Å². The van der Waals surface area contributed by atoms with Crippen molar-refractivity contribution in [3.05, 3.63) is 53.3 Å². The second-order valence-electron chi connectivity index (χ2n) is 4.90. The lowest BCUT2D eigenvalue weighted by molar-refractivity contribution is 0.713. The average Bonchev–Trinajstić information content (AvgIpc) is 2.47. The first-order valence-corrected chi connectivity index (χ1v) is 6.99. The summed E-state index contributed by atoms with van der Waals surface area (Å²) in [5.41, 5.74) is 3.45. The third-order valence-electron chi connectivity index (χ3n) is 3.24. The van der Waals surface area contributed by atoms with E-state index in [1.165, 1.54) is 5.56 Å². The quantitative estimate of drug-likeness (QED) is 0.876. The van der Waals surface area contributed by atoms with Gasteiger partial charge in [-0.3, -0.25) is 0 Å². The number of nitrogens with zero attached hydrogens (tertiary/aromatic N) is 3. The van der Waals surface area contributed by atoms with E-state index >= 15 is 0 Å². The zero-order chi connectivity index (χ0) is 14.4. The van der Waals surface area contributed by atoms with Crippen LogP contribution in [0.4, 0.5) is 5.95 Å². The Balaban J connectivity index is 2.07. The largest absolute Gasteiger partial charge is 0.340 e. The summed E-state index contributed by atoms with van der Waals surface area (Å²) in [6, 6.07) is 10.4. The summed E-state index contributed by atoms with van der Waals surface area (Å²) in [6.07, 6.45) is 1.92. The van der Waals surface area contributed by atoms with Gasteiger partial charge in [0.05, 0.1) is 0 Å². The smallest absolute Gasteiger partial charge is 0.225 e. The molecule has 0 fully saturated rings. The maximum absolute atomic E-state index is 4.60. The molecule has 106 valence electrons. The molecule has 0 bridgehead atoms. The van der Waals surface area contributed by atoms with Gasteiger partial charge in [-0.05, 0) is 19.0 Å². The maximum atomic E-state index is 4.60. The van der Waals surface area contributed by atoms with Crippen molar-refractivity contribution in [2.75, 3.05) is 18.5 Å². The van der Waals surface area contributed by atoms with Gasteiger partial charge in [0.1, 0.15) is 0 Å². The van der Waals surface area contributed by atoms with E-state index in [2.05, 4.69) is 51.4 Å². The SMILES string of the molecule is CCNCc1cnc(N(C)Cc2ccccc2)nc1C. The van der Waals surface area contributed by atoms with E-state index in [0.29, 0.717) is 0 Å². The highest BCUT2D eigenvalue weighted by molar-refractivity contribution is 5.33. The van der Waals surface area contributed by atoms with Crippen molar-refractivity contribution in [1.29, 1.82) is 0 Å². The minimum absolute atomic E-state index is 0.770. The third-order valence-corrected chi connectivity index (χ3v) is 3.24. The van der Waals surface area contributed by atoms with Gasteiger partial charge in [0, 0.05) is 37.6 Å². The second-order valence-corrected chi connectivity index (χ2v) is 4.90. The molecule has 4 nitrogen and oxygen atoms in total. The maximum Gasteiger partial charge on any atom is 0.225 e. The highest BCUT2D eigenvalue weighted by Crippen LogP contribution is 2.12. The van der Waals surface area contributed by atoms with Gasteiger partial charge in [-0.1, -0.05) is 37.3 Å². The van der Waals surface area contributed by atoms with Crippen molar-refractivity contribution in [2.24, 2.45) is 0 Å². The fourth-order valence-corrected chi connectivity index (χ4v) is 2.02. The Morgan fingerprint density at radius 2 is 1.95 bits per heavy atom. The van der Waals surface area contributed by atoms with Crippen LogP contribution in [0.15, 0.2) is 36.5 Å². The van der Waals surface area contributed by atoms with E-state index in [4.69, 9.17) is 0 Å².